The van der Waals surface area contributed by atoms with Gasteiger partial charge >= 0.3 is 0 Å². The van der Waals surface area contributed by atoms with Crippen LogP contribution in [-0.2, 0) is 0 Å². The molecule has 2 aromatic carbocycles. The van der Waals surface area contributed by atoms with Gasteiger partial charge in [-0.3, -0.25) is 14.9 Å². The first-order chi connectivity index (χ1) is 13.5. The summed E-state index contributed by atoms with van der Waals surface area (Å²) in [5.41, 5.74) is 3.45. The van der Waals surface area contributed by atoms with E-state index >= 15 is 0 Å². The first-order valence-electron chi connectivity index (χ1n) is 8.29. The van der Waals surface area contributed by atoms with E-state index in [0.717, 1.165) is 5.39 Å². The molecule has 0 atom stereocenters. The van der Waals surface area contributed by atoms with Crippen LogP contribution in [0.1, 0.15) is 22.8 Å². The van der Waals surface area contributed by atoms with Gasteiger partial charge < -0.3 is 4.74 Å². The van der Waals surface area contributed by atoms with Crippen molar-refractivity contribution in [1.82, 2.24) is 10.4 Å². The number of rotatable bonds is 6. The van der Waals surface area contributed by atoms with Crippen LogP contribution >= 0.6 is 11.6 Å². The van der Waals surface area contributed by atoms with Crippen molar-refractivity contribution in [1.29, 1.82) is 0 Å². The third-order valence-electron chi connectivity index (χ3n) is 3.77. The molecule has 9 heteroatoms. The van der Waals surface area contributed by atoms with Crippen LogP contribution in [0.15, 0.2) is 53.6 Å². The minimum atomic E-state index is -0.578. The third kappa shape index (κ3) is 4.41. The maximum atomic E-state index is 12.1. The van der Waals surface area contributed by atoms with Crippen molar-refractivity contribution in [2.45, 2.75) is 6.92 Å². The molecule has 1 N–H and O–H groups in total. The fourth-order valence-electron chi connectivity index (χ4n) is 2.47. The monoisotopic (exact) mass is 398 g/mol. The number of benzene rings is 2. The molecule has 8 nitrogen and oxygen atoms in total. The van der Waals surface area contributed by atoms with E-state index in [1.54, 1.807) is 12.1 Å². The van der Waals surface area contributed by atoms with Crippen LogP contribution in [0.3, 0.4) is 0 Å². The molecule has 0 fully saturated rings. The molecule has 0 saturated carbocycles. The maximum absolute atomic E-state index is 12.1. The molecule has 0 aliphatic heterocycles. The summed E-state index contributed by atoms with van der Waals surface area (Å²) in [5, 5.41) is 15.7. The molecule has 1 heterocycles. The smallest absolute Gasteiger partial charge is 0.271 e. The zero-order valence-corrected chi connectivity index (χ0v) is 15.5. The number of nitro groups is 1. The second kappa shape index (κ2) is 8.45. The fraction of sp³-hybridized carbons (Fsp3) is 0.105. The van der Waals surface area contributed by atoms with Gasteiger partial charge in [0.15, 0.2) is 0 Å². The summed E-state index contributed by atoms with van der Waals surface area (Å²) in [7, 11) is 0. The number of pyridine rings is 1. The van der Waals surface area contributed by atoms with Crippen LogP contribution in [-0.4, -0.2) is 28.6 Å². The van der Waals surface area contributed by atoms with E-state index in [4.69, 9.17) is 16.3 Å². The van der Waals surface area contributed by atoms with Gasteiger partial charge in [0.05, 0.1) is 23.3 Å². The van der Waals surface area contributed by atoms with Gasteiger partial charge in [-0.1, -0.05) is 17.7 Å². The molecule has 3 aromatic rings. The van der Waals surface area contributed by atoms with E-state index in [1.807, 2.05) is 19.1 Å². The van der Waals surface area contributed by atoms with Gasteiger partial charge in [-0.25, -0.2) is 10.4 Å². The standard InChI is InChI=1S/C19H15ClN4O4/c1-2-28-16-7-6-12-8-14(18(20)22-17(12)10-16)11-21-23-19(25)13-4-3-5-15(9-13)24(26)27/h3-11H,2H2,1H3,(H,23,25)/b21-11+. The van der Waals surface area contributed by atoms with Gasteiger partial charge in [0.1, 0.15) is 10.9 Å². The number of carbonyl (C=O) groups excluding carboxylic acids is 1. The van der Waals surface area contributed by atoms with E-state index in [-0.39, 0.29) is 16.4 Å². The van der Waals surface area contributed by atoms with Crippen LogP contribution in [0.25, 0.3) is 10.9 Å². The zero-order valence-electron chi connectivity index (χ0n) is 14.8. The molecule has 142 valence electrons. The number of hydrazone groups is 1. The number of fused-ring (bicyclic) bond motifs is 1. The van der Waals surface area contributed by atoms with Gasteiger partial charge in [-0.15, -0.1) is 0 Å². The summed E-state index contributed by atoms with van der Waals surface area (Å²) in [6.45, 7) is 2.44. The number of ether oxygens (including phenoxy) is 1. The van der Waals surface area contributed by atoms with Crippen LogP contribution in [0.5, 0.6) is 5.75 Å². The number of nitrogens with zero attached hydrogens (tertiary/aromatic N) is 3. The summed E-state index contributed by atoms with van der Waals surface area (Å²) in [6, 6.07) is 12.6. The largest absolute Gasteiger partial charge is 0.494 e. The van der Waals surface area contributed by atoms with E-state index in [9.17, 15) is 14.9 Å². The van der Waals surface area contributed by atoms with Crippen molar-refractivity contribution < 1.29 is 14.5 Å². The van der Waals surface area contributed by atoms with E-state index < -0.39 is 10.8 Å². The maximum Gasteiger partial charge on any atom is 0.271 e. The summed E-state index contributed by atoms with van der Waals surface area (Å²) in [4.78, 5) is 26.6. The lowest BCUT2D eigenvalue weighted by molar-refractivity contribution is -0.384. The number of non-ortho nitro benzene ring substituents is 1. The minimum absolute atomic E-state index is 0.123. The molecular formula is C19H15ClN4O4. The minimum Gasteiger partial charge on any atom is -0.494 e. The Balaban J connectivity index is 1.76. The summed E-state index contributed by atoms with van der Waals surface area (Å²) >= 11 is 6.19. The summed E-state index contributed by atoms with van der Waals surface area (Å²) in [5.74, 6) is 0.121. The first kappa shape index (κ1) is 19.2. The zero-order chi connectivity index (χ0) is 20.1. The summed E-state index contributed by atoms with van der Waals surface area (Å²) in [6.07, 6.45) is 1.36. The molecular weight excluding hydrogens is 384 g/mol. The second-order valence-electron chi connectivity index (χ2n) is 5.66. The molecule has 1 aromatic heterocycles. The molecule has 0 bridgehead atoms. The number of carbonyl (C=O) groups is 1. The van der Waals surface area contributed by atoms with Gasteiger partial charge in [0, 0.05) is 34.7 Å². The van der Waals surface area contributed by atoms with E-state index in [2.05, 4.69) is 15.5 Å². The Labute approximate surface area is 164 Å². The van der Waals surface area contributed by atoms with Crippen LogP contribution < -0.4 is 10.2 Å². The van der Waals surface area contributed by atoms with Crippen molar-refractivity contribution in [3.05, 3.63) is 74.9 Å². The average Bonchev–Trinajstić information content (AvgIpc) is 2.68. The quantitative estimate of drug-likeness (QED) is 0.292. The van der Waals surface area contributed by atoms with Crippen molar-refractivity contribution in [3.63, 3.8) is 0 Å². The highest BCUT2D eigenvalue weighted by molar-refractivity contribution is 6.32. The van der Waals surface area contributed by atoms with Gasteiger partial charge in [0.25, 0.3) is 11.6 Å². The molecule has 28 heavy (non-hydrogen) atoms. The highest BCUT2D eigenvalue weighted by Gasteiger charge is 2.11. The second-order valence-corrected chi connectivity index (χ2v) is 6.02. The van der Waals surface area contributed by atoms with Crippen molar-refractivity contribution in [2.24, 2.45) is 5.10 Å². The normalized spacial score (nSPS) is 10.9. The van der Waals surface area contributed by atoms with Crippen molar-refractivity contribution >= 4 is 40.3 Å². The summed E-state index contributed by atoms with van der Waals surface area (Å²) < 4.78 is 5.44. The van der Waals surface area contributed by atoms with Gasteiger partial charge in [-0.05, 0) is 31.2 Å². The first-order valence-corrected chi connectivity index (χ1v) is 8.66. The Kier molecular flexibility index (Phi) is 5.81. The molecule has 1 amide bonds. The molecule has 0 unspecified atom stereocenters. The highest BCUT2D eigenvalue weighted by atomic mass is 35.5. The van der Waals surface area contributed by atoms with Crippen LogP contribution in [0.2, 0.25) is 5.15 Å². The highest BCUT2D eigenvalue weighted by Crippen LogP contribution is 2.23. The lowest BCUT2D eigenvalue weighted by Gasteiger charge is -2.06. The van der Waals surface area contributed by atoms with Crippen LogP contribution in [0, 0.1) is 10.1 Å². The van der Waals surface area contributed by atoms with Crippen molar-refractivity contribution in [3.8, 4) is 5.75 Å². The topological polar surface area (TPSA) is 107 Å². The molecule has 3 rings (SSSR count). The van der Waals surface area contributed by atoms with Crippen molar-refractivity contribution in [2.75, 3.05) is 6.61 Å². The van der Waals surface area contributed by atoms with E-state index in [1.165, 1.54) is 30.5 Å². The van der Waals surface area contributed by atoms with E-state index in [0.29, 0.717) is 23.4 Å². The molecule has 0 saturated heterocycles. The Hall–Kier alpha value is -3.52. The number of amides is 1. The number of nitrogens with one attached hydrogen (secondary N) is 1. The lowest BCUT2D eigenvalue weighted by Crippen LogP contribution is -2.17. The SMILES string of the molecule is CCOc1ccc2cc(/C=N/NC(=O)c3cccc([N+](=O)[O-])c3)c(Cl)nc2c1. The average molecular weight is 399 g/mol. The number of halogens is 1. The number of nitro benzene ring substituents is 1. The Morgan fingerprint density at radius 1 is 1.32 bits per heavy atom. The Morgan fingerprint density at radius 2 is 2.14 bits per heavy atom. The van der Waals surface area contributed by atoms with Crippen LogP contribution in [0.4, 0.5) is 5.69 Å². The predicted molar refractivity (Wildman–Crippen MR) is 106 cm³/mol. The molecule has 0 aliphatic carbocycles. The van der Waals surface area contributed by atoms with Gasteiger partial charge in [0.2, 0.25) is 0 Å². The Morgan fingerprint density at radius 3 is 2.89 bits per heavy atom. The molecule has 0 spiro atoms. The van der Waals surface area contributed by atoms with Gasteiger partial charge in [-0.2, -0.15) is 5.10 Å². The number of hydrogen-bond donors (Lipinski definition) is 1. The molecule has 0 aliphatic rings. The number of aromatic nitrogens is 1. The Bertz CT molecular complexity index is 1080. The number of hydrogen-bond acceptors (Lipinski definition) is 6. The third-order valence-corrected chi connectivity index (χ3v) is 4.07. The lowest BCUT2D eigenvalue weighted by atomic mass is 10.1. The predicted octanol–water partition coefficient (Wildman–Crippen LogP) is 3.96. The fourth-order valence-corrected chi connectivity index (χ4v) is 2.67. The molecule has 0 radical (unpaired) electrons.